The number of carbonyl (C=O) groups excluding carboxylic acids is 2. The highest BCUT2D eigenvalue weighted by Gasteiger charge is 2.39. The lowest BCUT2D eigenvalue weighted by Crippen LogP contribution is -2.34. The summed E-state index contributed by atoms with van der Waals surface area (Å²) in [4.78, 5) is 26.1. The molecule has 1 saturated heterocycles. The number of carbonyl (C=O) groups is 2. The lowest BCUT2D eigenvalue weighted by atomic mass is 10.2. The number of anilines is 2. The highest BCUT2D eigenvalue weighted by atomic mass is 19.4. The minimum atomic E-state index is -4.78. The third-order valence-electron chi connectivity index (χ3n) is 4.14. The number of hydrogen-bond donors (Lipinski definition) is 1. The topological polar surface area (TPSA) is 67.9 Å². The molecular weight excluding hydrogens is 389 g/mol. The van der Waals surface area contributed by atoms with E-state index in [4.69, 9.17) is 4.74 Å². The maximum Gasteiger partial charge on any atom is 0.573 e. The lowest BCUT2D eigenvalue weighted by Gasteiger charge is -2.17. The van der Waals surface area contributed by atoms with Crippen molar-refractivity contribution in [1.29, 1.82) is 0 Å². The van der Waals surface area contributed by atoms with Crippen LogP contribution in [-0.2, 0) is 9.59 Å². The minimum Gasteiger partial charge on any atom is -0.494 e. The van der Waals surface area contributed by atoms with Crippen LogP contribution in [0.2, 0.25) is 0 Å². The van der Waals surface area contributed by atoms with Gasteiger partial charge in [0.1, 0.15) is 17.5 Å². The van der Waals surface area contributed by atoms with Crippen LogP contribution in [0.5, 0.6) is 11.5 Å². The van der Waals surface area contributed by atoms with Crippen LogP contribution in [0.25, 0.3) is 0 Å². The molecule has 0 aliphatic carbocycles. The summed E-state index contributed by atoms with van der Waals surface area (Å²) in [5.74, 6) is -0.533. The van der Waals surface area contributed by atoms with Crippen LogP contribution < -0.4 is 19.7 Å². The van der Waals surface area contributed by atoms with Crippen molar-refractivity contribution >= 4 is 23.2 Å². The minimum absolute atomic E-state index is 0.0618. The molecule has 1 heterocycles. The molecule has 0 radical (unpaired) electrons. The highest BCUT2D eigenvalue weighted by molar-refractivity contribution is 6.23. The van der Waals surface area contributed by atoms with Crippen molar-refractivity contribution in [3.63, 3.8) is 0 Å². The largest absolute Gasteiger partial charge is 0.573 e. The van der Waals surface area contributed by atoms with Gasteiger partial charge < -0.3 is 14.8 Å². The van der Waals surface area contributed by atoms with Crippen LogP contribution in [0.1, 0.15) is 19.8 Å². The standard InChI is InChI=1S/C20H19F3N2O4/c1-2-11-28-15-9-5-14(6-10-15)25-18(26)12-17(19(25)27)24-13-3-7-16(8-4-13)29-20(21,22)23/h3-10,17,24H,2,11-12H2,1H3/t17-/m1/s1. The molecule has 0 unspecified atom stereocenters. The third-order valence-corrected chi connectivity index (χ3v) is 4.14. The summed E-state index contributed by atoms with van der Waals surface area (Å²) in [7, 11) is 0. The van der Waals surface area contributed by atoms with Gasteiger partial charge in [-0.15, -0.1) is 13.2 Å². The first-order chi connectivity index (χ1) is 13.8. The Morgan fingerprint density at radius 1 is 1.03 bits per heavy atom. The Morgan fingerprint density at radius 2 is 1.66 bits per heavy atom. The van der Waals surface area contributed by atoms with E-state index in [1.54, 1.807) is 24.3 Å². The molecule has 1 N–H and O–H groups in total. The van der Waals surface area contributed by atoms with Gasteiger partial charge in [-0.25, -0.2) is 4.90 Å². The molecule has 2 aromatic carbocycles. The van der Waals surface area contributed by atoms with E-state index in [1.165, 1.54) is 12.1 Å². The molecular formula is C20H19F3N2O4. The van der Waals surface area contributed by atoms with Gasteiger partial charge in [0.25, 0.3) is 5.91 Å². The Labute approximate surface area is 165 Å². The molecule has 0 saturated carbocycles. The lowest BCUT2D eigenvalue weighted by molar-refractivity contribution is -0.274. The van der Waals surface area contributed by atoms with Crippen molar-refractivity contribution < 1.29 is 32.2 Å². The number of nitrogens with one attached hydrogen (secondary N) is 1. The van der Waals surface area contributed by atoms with E-state index in [2.05, 4.69) is 10.1 Å². The van der Waals surface area contributed by atoms with Crippen molar-refractivity contribution in [2.45, 2.75) is 32.2 Å². The summed E-state index contributed by atoms with van der Waals surface area (Å²) in [6.45, 7) is 2.56. The third kappa shape index (κ3) is 5.18. The SMILES string of the molecule is CCCOc1ccc(N2C(=O)C[C@@H](Nc3ccc(OC(F)(F)F)cc3)C2=O)cc1. The summed E-state index contributed by atoms with van der Waals surface area (Å²) in [5, 5.41) is 2.88. The van der Waals surface area contributed by atoms with Gasteiger partial charge in [0.2, 0.25) is 5.91 Å². The van der Waals surface area contributed by atoms with E-state index < -0.39 is 18.3 Å². The van der Waals surface area contributed by atoms with E-state index in [-0.39, 0.29) is 18.1 Å². The van der Waals surface area contributed by atoms with Crippen LogP contribution in [0.4, 0.5) is 24.5 Å². The number of rotatable bonds is 7. The van der Waals surface area contributed by atoms with Gasteiger partial charge in [-0.05, 0) is 55.0 Å². The van der Waals surface area contributed by atoms with Gasteiger partial charge in [-0.2, -0.15) is 0 Å². The van der Waals surface area contributed by atoms with Crippen molar-refractivity contribution in [2.75, 3.05) is 16.8 Å². The Morgan fingerprint density at radius 3 is 2.24 bits per heavy atom. The fourth-order valence-corrected chi connectivity index (χ4v) is 2.88. The second-order valence-corrected chi connectivity index (χ2v) is 6.38. The Kier molecular flexibility index (Phi) is 5.95. The van der Waals surface area contributed by atoms with Crippen molar-refractivity contribution in [1.82, 2.24) is 0 Å². The average Bonchev–Trinajstić information content (AvgIpc) is 2.94. The monoisotopic (exact) mass is 408 g/mol. The van der Waals surface area contributed by atoms with E-state index in [0.717, 1.165) is 23.5 Å². The number of benzene rings is 2. The van der Waals surface area contributed by atoms with E-state index in [1.807, 2.05) is 6.92 Å². The fourth-order valence-electron chi connectivity index (χ4n) is 2.88. The summed E-state index contributed by atoms with van der Waals surface area (Å²) in [6, 6.07) is 10.8. The first-order valence-electron chi connectivity index (χ1n) is 8.99. The number of ether oxygens (including phenoxy) is 2. The molecule has 6 nitrogen and oxygen atoms in total. The zero-order valence-electron chi connectivity index (χ0n) is 15.5. The zero-order chi connectivity index (χ0) is 21.0. The van der Waals surface area contributed by atoms with Gasteiger partial charge >= 0.3 is 6.36 Å². The smallest absolute Gasteiger partial charge is 0.494 e. The number of amides is 2. The first-order valence-corrected chi connectivity index (χ1v) is 8.99. The van der Waals surface area contributed by atoms with E-state index in [0.29, 0.717) is 23.7 Å². The molecule has 1 aliphatic heterocycles. The first kappa shape index (κ1) is 20.5. The fraction of sp³-hybridized carbons (Fsp3) is 0.300. The van der Waals surface area contributed by atoms with Gasteiger partial charge in [-0.3, -0.25) is 9.59 Å². The molecule has 3 rings (SSSR count). The predicted octanol–water partition coefficient (Wildman–Crippen LogP) is 4.12. The molecule has 0 bridgehead atoms. The van der Waals surface area contributed by atoms with Gasteiger partial charge in [0.05, 0.1) is 18.7 Å². The highest BCUT2D eigenvalue weighted by Crippen LogP contribution is 2.28. The van der Waals surface area contributed by atoms with Gasteiger partial charge in [-0.1, -0.05) is 6.92 Å². The Bertz CT molecular complexity index is 867. The van der Waals surface area contributed by atoms with Crippen LogP contribution in [-0.4, -0.2) is 30.8 Å². The summed E-state index contributed by atoms with van der Waals surface area (Å²) in [5.41, 5.74) is 0.831. The predicted molar refractivity (Wildman–Crippen MR) is 99.9 cm³/mol. The second kappa shape index (κ2) is 8.42. The molecule has 29 heavy (non-hydrogen) atoms. The van der Waals surface area contributed by atoms with Crippen LogP contribution >= 0.6 is 0 Å². The van der Waals surface area contributed by atoms with Crippen LogP contribution in [0.15, 0.2) is 48.5 Å². The van der Waals surface area contributed by atoms with Crippen LogP contribution in [0.3, 0.4) is 0 Å². The van der Waals surface area contributed by atoms with E-state index in [9.17, 15) is 22.8 Å². The van der Waals surface area contributed by atoms with Gasteiger partial charge in [0, 0.05) is 5.69 Å². The van der Waals surface area contributed by atoms with Crippen molar-refractivity contribution in [3.8, 4) is 11.5 Å². The quantitative estimate of drug-likeness (QED) is 0.698. The maximum absolute atomic E-state index is 12.7. The van der Waals surface area contributed by atoms with Gasteiger partial charge in [0.15, 0.2) is 0 Å². The van der Waals surface area contributed by atoms with Crippen LogP contribution in [0, 0.1) is 0 Å². The number of hydrogen-bond acceptors (Lipinski definition) is 5. The molecule has 0 aromatic heterocycles. The molecule has 154 valence electrons. The molecule has 9 heteroatoms. The summed E-state index contributed by atoms with van der Waals surface area (Å²) >= 11 is 0. The number of nitrogens with zero attached hydrogens (tertiary/aromatic N) is 1. The zero-order valence-corrected chi connectivity index (χ0v) is 15.5. The number of halogens is 3. The number of alkyl halides is 3. The molecule has 1 aliphatic rings. The molecule has 1 fully saturated rings. The molecule has 2 aromatic rings. The Hall–Kier alpha value is -3.23. The molecule has 0 spiro atoms. The van der Waals surface area contributed by atoms with Crippen molar-refractivity contribution in [2.24, 2.45) is 0 Å². The summed E-state index contributed by atoms with van der Waals surface area (Å²) in [6.07, 6.45) is -3.98. The molecule has 1 atom stereocenters. The normalized spacial score (nSPS) is 16.8. The van der Waals surface area contributed by atoms with Crippen molar-refractivity contribution in [3.05, 3.63) is 48.5 Å². The van der Waals surface area contributed by atoms with E-state index >= 15 is 0 Å². The average molecular weight is 408 g/mol. The Balaban J connectivity index is 1.66. The maximum atomic E-state index is 12.7. The second-order valence-electron chi connectivity index (χ2n) is 6.38. The number of imide groups is 1. The molecule has 2 amide bonds. The summed E-state index contributed by atoms with van der Waals surface area (Å²) < 4.78 is 46.0.